The maximum absolute atomic E-state index is 12.7. The van der Waals surface area contributed by atoms with Crippen LogP contribution in [0, 0.1) is 0 Å². The van der Waals surface area contributed by atoms with Crippen LogP contribution in [0.25, 0.3) is 10.8 Å². The molecular formula is C23H24N2O2. The normalized spacial score (nSPS) is 10.6. The molecule has 0 bridgehead atoms. The van der Waals surface area contributed by atoms with Crippen LogP contribution >= 0.6 is 0 Å². The fourth-order valence-electron chi connectivity index (χ4n) is 3.25. The van der Waals surface area contributed by atoms with Crippen LogP contribution in [0.15, 0.2) is 66.7 Å². The van der Waals surface area contributed by atoms with Gasteiger partial charge in [0.25, 0.3) is 0 Å². The summed E-state index contributed by atoms with van der Waals surface area (Å²) in [5.74, 6) is -0.0425. The van der Waals surface area contributed by atoms with Gasteiger partial charge in [0.15, 0.2) is 0 Å². The quantitative estimate of drug-likeness (QED) is 0.709. The van der Waals surface area contributed by atoms with Gasteiger partial charge in [0.1, 0.15) is 0 Å². The molecule has 3 aromatic rings. The number of carbonyl (C=O) groups excluding carboxylic acids is 2. The van der Waals surface area contributed by atoms with Gasteiger partial charge < -0.3 is 10.2 Å². The molecular weight excluding hydrogens is 336 g/mol. The van der Waals surface area contributed by atoms with E-state index in [0.29, 0.717) is 19.5 Å². The van der Waals surface area contributed by atoms with Crippen LogP contribution in [0.1, 0.15) is 25.0 Å². The van der Waals surface area contributed by atoms with Gasteiger partial charge in [-0.05, 0) is 34.9 Å². The monoisotopic (exact) mass is 360 g/mol. The van der Waals surface area contributed by atoms with Crippen molar-refractivity contribution in [2.75, 3.05) is 11.9 Å². The van der Waals surface area contributed by atoms with Gasteiger partial charge in [-0.2, -0.15) is 0 Å². The second kappa shape index (κ2) is 8.49. The van der Waals surface area contributed by atoms with Crippen LogP contribution < -0.4 is 5.32 Å². The maximum atomic E-state index is 12.7. The highest BCUT2D eigenvalue weighted by molar-refractivity contribution is 5.96. The first-order valence-electron chi connectivity index (χ1n) is 9.18. The van der Waals surface area contributed by atoms with E-state index in [4.69, 9.17) is 0 Å². The number of hydrogen-bond donors (Lipinski definition) is 1. The second-order valence-electron chi connectivity index (χ2n) is 6.55. The fourth-order valence-corrected chi connectivity index (χ4v) is 3.25. The molecule has 0 aromatic heterocycles. The molecule has 4 nitrogen and oxygen atoms in total. The van der Waals surface area contributed by atoms with E-state index in [9.17, 15) is 9.59 Å². The molecule has 27 heavy (non-hydrogen) atoms. The minimum atomic E-state index is -0.0651. The highest BCUT2D eigenvalue weighted by atomic mass is 16.2. The van der Waals surface area contributed by atoms with E-state index in [-0.39, 0.29) is 11.8 Å². The van der Waals surface area contributed by atoms with Gasteiger partial charge in [-0.15, -0.1) is 0 Å². The van der Waals surface area contributed by atoms with Gasteiger partial charge in [-0.1, -0.05) is 60.7 Å². The third-order valence-electron chi connectivity index (χ3n) is 4.71. The number of rotatable bonds is 6. The molecule has 0 aliphatic heterocycles. The van der Waals surface area contributed by atoms with E-state index >= 15 is 0 Å². The molecule has 1 N–H and O–H groups in total. The zero-order valence-electron chi connectivity index (χ0n) is 15.7. The predicted octanol–water partition coefficient (Wildman–Crippen LogP) is 4.39. The molecule has 3 aromatic carbocycles. The summed E-state index contributed by atoms with van der Waals surface area (Å²) in [5.41, 5.74) is 2.69. The Balaban J connectivity index is 1.77. The van der Waals surface area contributed by atoms with Crippen molar-refractivity contribution in [3.8, 4) is 0 Å². The Bertz CT molecular complexity index is 960. The molecule has 138 valence electrons. The molecule has 0 spiro atoms. The highest BCUT2D eigenvalue weighted by Crippen LogP contribution is 2.21. The number of amides is 2. The number of hydrogen-bond acceptors (Lipinski definition) is 2. The summed E-state index contributed by atoms with van der Waals surface area (Å²) in [6, 6.07) is 21.7. The highest BCUT2D eigenvalue weighted by Gasteiger charge is 2.13. The van der Waals surface area contributed by atoms with Gasteiger partial charge in [0, 0.05) is 25.7 Å². The first-order chi connectivity index (χ1) is 13.1. The van der Waals surface area contributed by atoms with Gasteiger partial charge in [-0.25, -0.2) is 0 Å². The lowest BCUT2D eigenvalue weighted by Crippen LogP contribution is -2.28. The minimum absolute atomic E-state index is 0.0226. The second-order valence-corrected chi connectivity index (χ2v) is 6.55. The van der Waals surface area contributed by atoms with Gasteiger partial charge in [0.05, 0.1) is 6.42 Å². The molecule has 0 aliphatic rings. The fraction of sp³-hybridized carbons (Fsp3) is 0.217. The van der Waals surface area contributed by atoms with Crippen LogP contribution in [0.4, 0.5) is 5.69 Å². The minimum Gasteiger partial charge on any atom is -0.339 e. The van der Waals surface area contributed by atoms with Crippen LogP contribution in [0.5, 0.6) is 0 Å². The summed E-state index contributed by atoms with van der Waals surface area (Å²) in [5, 5.41) is 5.24. The third-order valence-corrected chi connectivity index (χ3v) is 4.71. The maximum Gasteiger partial charge on any atom is 0.228 e. The van der Waals surface area contributed by atoms with Crippen molar-refractivity contribution >= 4 is 28.3 Å². The SMILES string of the molecule is CCN(Cc1ccccc1NC(=O)Cc1cccc2ccccc12)C(C)=O. The van der Waals surface area contributed by atoms with E-state index in [1.165, 1.54) is 0 Å². The Labute approximate surface area is 159 Å². The van der Waals surface area contributed by atoms with Crippen molar-refractivity contribution in [2.45, 2.75) is 26.8 Å². The molecule has 4 heteroatoms. The Morgan fingerprint density at radius 3 is 2.33 bits per heavy atom. The summed E-state index contributed by atoms with van der Waals surface area (Å²) in [4.78, 5) is 26.1. The van der Waals surface area contributed by atoms with E-state index in [0.717, 1.165) is 27.6 Å². The largest absolute Gasteiger partial charge is 0.339 e. The molecule has 0 radical (unpaired) electrons. The van der Waals surface area contributed by atoms with Crippen LogP contribution in [0.2, 0.25) is 0 Å². The molecule has 0 fully saturated rings. The van der Waals surface area contributed by atoms with Crippen LogP contribution in [0.3, 0.4) is 0 Å². The predicted molar refractivity (Wildman–Crippen MR) is 109 cm³/mol. The van der Waals surface area contributed by atoms with E-state index in [1.807, 2.05) is 73.7 Å². The van der Waals surface area contributed by atoms with Crippen molar-refractivity contribution in [1.29, 1.82) is 0 Å². The van der Waals surface area contributed by atoms with Crippen molar-refractivity contribution < 1.29 is 9.59 Å². The van der Waals surface area contributed by atoms with Crippen LogP contribution in [-0.4, -0.2) is 23.3 Å². The Morgan fingerprint density at radius 1 is 0.889 bits per heavy atom. The molecule has 3 rings (SSSR count). The lowest BCUT2D eigenvalue weighted by molar-refractivity contribution is -0.129. The zero-order chi connectivity index (χ0) is 19.2. The average molecular weight is 360 g/mol. The van der Waals surface area contributed by atoms with Crippen LogP contribution in [-0.2, 0) is 22.6 Å². The topological polar surface area (TPSA) is 49.4 Å². The van der Waals surface area contributed by atoms with E-state index in [2.05, 4.69) is 5.32 Å². The number of nitrogens with zero attached hydrogens (tertiary/aromatic N) is 1. The first kappa shape index (κ1) is 18.6. The average Bonchev–Trinajstić information content (AvgIpc) is 2.67. The lowest BCUT2D eigenvalue weighted by Gasteiger charge is -2.21. The first-order valence-corrected chi connectivity index (χ1v) is 9.18. The van der Waals surface area contributed by atoms with Crippen molar-refractivity contribution in [3.63, 3.8) is 0 Å². The summed E-state index contributed by atoms with van der Waals surface area (Å²) in [7, 11) is 0. The Kier molecular flexibility index (Phi) is 5.87. The van der Waals surface area contributed by atoms with Crippen molar-refractivity contribution in [2.24, 2.45) is 0 Å². The molecule has 0 atom stereocenters. The van der Waals surface area contributed by atoms with Gasteiger partial charge in [0.2, 0.25) is 11.8 Å². The van der Waals surface area contributed by atoms with Crippen molar-refractivity contribution in [1.82, 2.24) is 4.90 Å². The number of benzene rings is 3. The molecule has 0 aliphatic carbocycles. The Morgan fingerprint density at radius 2 is 1.56 bits per heavy atom. The Hall–Kier alpha value is -3.14. The number of para-hydroxylation sites is 1. The van der Waals surface area contributed by atoms with E-state index in [1.54, 1.807) is 11.8 Å². The summed E-state index contributed by atoms with van der Waals surface area (Å²) < 4.78 is 0. The molecule has 0 saturated carbocycles. The number of carbonyl (C=O) groups is 2. The molecule has 2 amide bonds. The molecule has 0 saturated heterocycles. The lowest BCUT2D eigenvalue weighted by atomic mass is 10.0. The summed E-state index contributed by atoms with van der Waals surface area (Å²) >= 11 is 0. The van der Waals surface area contributed by atoms with E-state index < -0.39 is 0 Å². The third kappa shape index (κ3) is 4.53. The zero-order valence-corrected chi connectivity index (χ0v) is 15.7. The van der Waals surface area contributed by atoms with Gasteiger partial charge >= 0.3 is 0 Å². The summed E-state index contributed by atoms with van der Waals surface area (Å²) in [6.07, 6.45) is 0.305. The number of fused-ring (bicyclic) bond motifs is 1. The smallest absolute Gasteiger partial charge is 0.228 e. The number of anilines is 1. The standard InChI is InChI=1S/C23H24N2O2/c1-3-25(17(2)26)16-20-10-5-7-14-22(20)24-23(27)15-19-12-8-11-18-9-4-6-13-21(18)19/h4-14H,3,15-16H2,1-2H3,(H,24,27). The molecule has 0 heterocycles. The van der Waals surface area contributed by atoms with Crippen molar-refractivity contribution in [3.05, 3.63) is 77.9 Å². The summed E-state index contributed by atoms with van der Waals surface area (Å²) in [6.45, 7) is 4.62. The molecule has 0 unspecified atom stereocenters. The number of nitrogens with one attached hydrogen (secondary N) is 1. The van der Waals surface area contributed by atoms with Gasteiger partial charge in [-0.3, -0.25) is 9.59 Å².